The molecule has 6 nitrogen and oxygen atoms in total. The van der Waals surface area contributed by atoms with Gasteiger partial charge in [0.2, 0.25) is 5.91 Å². The van der Waals surface area contributed by atoms with E-state index in [1.165, 1.54) is 16.2 Å². The summed E-state index contributed by atoms with van der Waals surface area (Å²) in [5.74, 6) is -1.77. The zero-order chi connectivity index (χ0) is 17.1. The molecule has 2 rings (SSSR count). The summed E-state index contributed by atoms with van der Waals surface area (Å²) in [5, 5.41) is 12.0. The monoisotopic (exact) mass is 402 g/mol. The lowest BCUT2D eigenvalue weighted by Gasteiger charge is -2.29. The second-order valence-corrected chi connectivity index (χ2v) is 8.29. The van der Waals surface area contributed by atoms with Gasteiger partial charge < -0.3 is 15.3 Å². The summed E-state index contributed by atoms with van der Waals surface area (Å²) in [4.78, 5) is 38.2. The maximum absolute atomic E-state index is 12.7. The Kier molecular flexibility index (Phi) is 5.80. The van der Waals surface area contributed by atoms with E-state index in [-0.39, 0.29) is 17.7 Å². The van der Waals surface area contributed by atoms with Gasteiger partial charge in [0, 0.05) is 6.54 Å². The third-order valence-corrected chi connectivity index (χ3v) is 5.46. The van der Waals surface area contributed by atoms with Crippen molar-refractivity contribution in [1.82, 2.24) is 10.2 Å². The molecular formula is C15H19BrN2O4S. The summed E-state index contributed by atoms with van der Waals surface area (Å²) in [6.45, 7) is 4.08. The van der Waals surface area contributed by atoms with Crippen LogP contribution in [-0.2, 0) is 9.59 Å². The molecule has 2 N–H and O–H groups in total. The van der Waals surface area contributed by atoms with Gasteiger partial charge in [-0.1, -0.05) is 13.8 Å². The topological polar surface area (TPSA) is 86.7 Å². The number of thiophene rings is 1. The zero-order valence-electron chi connectivity index (χ0n) is 12.9. The molecule has 2 amide bonds. The Hall–Kier alpha value is -1.41. The van der Waals surface area contributed by atoms with Crippen molar-refractivity contribution in [3.05, 3.63) is 20.8 Å². The minimum atomic E-state index is -0.994. The number of carbonyl (C=O) groups is 3. The van der Waals surface area contributed by atoms with E-state index in [1.54, 1.807) is 12.1 Å². The predicted molar refractivity (Wildman–Crippen MR) is 90.5 cm³/mol. The minimum absolute atomic E-state index is 0.134. The lowest BCUT2D eigenvalue weighted by Crippen LogP contribution is -2.53. The first-order chi connectivity index (χ1) is 10.8. The number of hydrogen-bond acceptors (Lipinski definition) is 4. The van der Waals surface area contributed by atoms with Crippen molar-refractivity contribution in [3.8, 4) is 0 Å². The standard InChI is InChI=1S/C15H19BrN2O4S/c1-8(2)12(17-13(19)10-5-6-11(16)23-10)14(20)18-7-3-4-9(18)15(21)22/h5-6,8-9,12H,3-4,7H2,1-2H3,(H,17,19)(H,21,22)/t9-,12-/m0/s1. The Balaban J connectivity index is 2.13. The average Bonchev–Trinajstić information content (AvgIpc) is 3.11. The third-order valence-electron chi connectivity index (χ3n) is 3.84. The van der Waals surface area contributed by atoms with Crippen molar-refractivity contribution < 1.29 is 19.5 Å². The summed E-state index contributed by atoms with van der Waals surface area (Å²) in [6.07, 6.45) is 1.12. The molecule has 1 aliphatic rings. The van der Waals surface area contributed by atoms with Gasteiger partial charge in [0.25, 0.3) is 5.91 Å². The number of carboxylic acid groups (broad SMARTS) is 1. The Morgan fingerprint density at radius 2 is 2.09 bits per heavy atom. The maximum Gasteiger partial charge on any atom is 0.326 e. The molecule has 2 atom stereocenters. The molecular weight excluding hydrogens is 384 g/mol. The van der Waals surface area contributed by atoms with Gasteiger partial charge in [0.05, 0.1) is 8.66 Å². The normalized spacial score (nSPS) is 19.0. The number of carboxylic acids is 1. The molecule has 126 valence electrons. The van der Waals surface area contributed by atoms with E-state index in [0.29, 0.717) is 24.3 Å². The van der Waals surface area contributed by atoms with Crippen LogP contribution in [0.5, 0.6) is 0 Å². The molecule has 1 fully saturated rings. The van der Waals surface area contributed by atoms with Crippen LogP contribution >= 0.6 is 27.3 Å². The van der Waals surface area contributed by atoms with E-state index in [0.717, 1.165) is 3.79 Å². The number of nitrogens with one attached hydrogen (secondary N) is 1. The largest absolute Gasteiger partial charge is 0.480 e. The lowest BCUT2D eigenvalue weighted by atomic mass is 10.0. The summed E-state index contributed by atoms with van der Waals surface area (Å²) in [5.41, 5.74) is 0. The molecule has 1 saturated heterocycles. The molecule has 0 saturated carbocycles. The molecule has 0 aliphatic carbocycles. The van der Waals surface area contributed by atoms with Crippen molar-refractivity contribution >= 4 is 45.1 Å². The highest BCUT2D eigenvalue weighted by molar-refractivity contribution is 9.11. The highest BCUT2D eigenvalue weighted by atomic mass is 79.9. The summed E-state index contributed by atoms with van der Waals surface area (Å²) < 4.78 is 0.834. The van der Waals surface area contributed by atoms with Crippen LogP contribution in [0, 0.1) is 5.92 Å². The molecule has 23 heavy (non-hydrogen) atoms. The van der Waals surface area contributed by atoms with Gasteiger partial charge in [-0.15, -0.1) is 11.3 Å². The number of nitrogens with zero attached hydrogens (tertiary/aromatic N) is 1. The van der Waals surface area contributed by atoms with E-state index in [1.807, 2.05) is 13.8 Å². The van der Waals surface area contributed by atoms with Gasteiger partial charge >= 0.3 is 5.97 Å². The molecule has 1 aliphatic heterocycles. The fourth-order valence-electron chi connectivity index (χ4n) is 2.63. The quantitative estimate of drug-likeness (QED) is 0.790. The lowest BCUT2D eigenvalue weighted by molar-refractivity contribution is -0.149. The third kappa shape index (κ3) is 4.11. The van der Waals surface area contributed by atoms with E-state index in [9.17, 15) is 19.5 Å². The summed E-state index contributed by atoms with van der Waals surface area (Å²) in [7, 11) is 0. The van der Waals surface area contributed by atoms with Crippen molar-refractivity contribution in [3.63, 3.8) is 0 Å². The number of amides is 2. The molecule has 1 aromatic rings. The maximum atomic E-state index is 12.7. The SMILES string of the molecule is CC(C)[C@H](NC(=O)c1ccc(Br)s1)C(=O)N1CCC[C@H]1C(=O)O. The molecule has 0 aromatic carbocycles. The van der Waals surface area contributed by atoms with Crippen LogP contribution in [0.2, 0.25) is 0 Å². The Morgan fingerprint density at radius 1 is 1.39 bits per heavy atom. The number of likely N-dealkylation sites (tertiary alicyclic amines) is 1. The molecule has 0 radical (unpaired) electrons. The van der Waals surface area contributed by atoms with Crippen LogP contribution in [0.25, 0.3) is 0 Å². The van der Waals surface area contributed by atoms with Crippen molar-refractivity contribution in [1.29, 1.82) is 0 Å². The number of carbonyl (C=O) groups excluding carboxylic acids is 2. The van der Waals surface area contributed by atoms with Gasteiger partial charge in [-0.05, 0) is 46.8 Å². The number of halogens is 1. The second-order valence-electron chi connectivity index (χ2n) is 5.83. The molecule has 2 heterocycles. The van der Waals surface area contributed by atoms with E-state index < -0.39 is 18.1 Å². The Labute approximate surface area is 147 Å². The highest BCUT2D eigenvalue weighted by Gasteiger charge is 2.38. The Morgan fingerprint density at radius 3 is 2.61 bits per heavy atom. The van der Waals surface area contributed by atoms with Gasteiger partial charge in [-0.25, -0.2) is 4.79 Å². The van der Waals surface area contributed by atoms with Crippen molar-refractivity contribution in [2.24, 2.45) is 5.92 Å². The fraction of sp³-hybridized carbons (Fsp3) is 0.533. The van der Waals surface area contributed by atoms with Gasteiger partial charge in [-0.3, -0.25) is 9.59 Å². The summed E-state index contributed by atoms with van der Waals surface area (Å²) in [6, 6.07) is 1.93. The molecule has 0 bridgehead atoms. The molecule has 1 aromatic heterocycles. The molecule has 0 spiro atoms. The van der Waals surface area contributed by atoms with Gasteiger partial charge in [-0.2, -0.15) is 0 Å². The van der Waals surface area contributed by atoms with Crippen LogP contribution in [0.4, 0.5) is 0 Å². The van der Waals surface area contributed by atoms with Gasteiger partial charge in [0.15, 0.2) is 0 Å². The van der Waals surface area contributed by atoms with Gasteiger partial charge in [0.1, 0.15) is 12.1 Å². The van der Waals surface area contributed by atoms with Crippen LogP contribution in [-0.4, -0.2) is 46.4 Å². The van der Waals surface area contributed by atoms with Crippen LogP contribution in [0.3, 0.4) is 0 Å². The van der Waals surface area contributed by atoms with E-state index in [2.05, 4.69) is 21.2 Å². The first kappa shape index (κ1) is 17.9. The molecule has 0 unspecified atom stereocenters. The predicted octanol–water partition coefficient (Wildman–Crippen LogP) is 2.34. The first-order valence-electron chi connectivity index (χ1n) is 7.40. The molecule has 8 heteroatoms. The van der Waals surface area contributed by atoms with Crippen LogP contribution in [0.1, 0.15) is 36.4 Å². The van der Waals surface area contributed by atoms with Crippen molar-refractivity contribution in [2.45, 2.75) is 38.8 Å². The smallest absolute Gasteiger partial charge is 0.326 e. The zero-order valence-corrected chi connectivity index (χ0v) is 15.3. The average molecular weight is 403 g/mol. The minimum Gasteiger partial charge on any atom is -0.480 e. The number of hydrogen-bond donors (Lipinski definition) is 2. The highest BCUT2D eigenvalue weighted by Crippen LogP contribution is 2.23. The van der Waals surface area contributed by atoms with E-state index >= 15 is 0 Å². The Bertz CT molecular complexity index is 616. The van der Waals surface area contributed by atoms with E-state index in [4.69, 9.17) is 0 Å². The first-order valence-corrected chi connectivity index (χ1v) is 9.01. The fourth-order valence-corrected chi connectivity index (χ4v) is 3.92. The number of rotatable bonds is 5. The van der Waals surface area contributed by atoms with Crippen LogP contribution in [0.15, 0.2) is 15.9 Å². The summed E-state index contributed by atoms with van der Waals surface area (Å²) >= 11 is 4.58. The van der Waals surface area contributed by atoms with Crippen molar-refractivity contribution in [2.75, 3.05) is 6.54 Å². The number of aliphatic carboxylic acids is 1. The van der Waals surface area contributed by atoms with Crippen LogP contribution < -0.4 is 5.32 Å². The second kappa shape index (κ2) is 7.44.